The van der Waals surface area contributed by atoms with E-state index in [9.17, 15) is 20.2 Å². The highest BCUT2D eigenvalue weighted by Gasteiger charge is 2.24. The molecule has 2 aromatic heterocycles. The number of rotatable bonds is 5. The van der Waals surface area contributed by atoms with Crippen molar-refractivity contribution in [3.8, 4) is 11.4 Å². The average molecular weight is 392 g/mol. The summed E-state index contributed by atoms with van der Waals surface area (Å²) in [6.07, 6.45) is 5.87. The number of hydrogen-bond donors (Lipinski definition) is 0. The molecule has 4 rings (SSSR count). The Labute approximate surface area is 165 Å². The van der Waals surface area contributed by atoms with Gasteiger partial charge in [0, 0.05) is 67.4 Å². The Morgan fingerprint density at radius 2 is 1.97 bits per heavy atom. The highest BCUT2D eigenvalue weighted by atomic mass is 16.6. The minimum atomic E-state index is -0.634. The first-order valence-electron chi connectivity index (χ1n) is 8.90. The molecule has 0 saturated carbocycles. The van der Waals surface area contributed by atoms with E-state index in [-0.39, 0.29) is 11.4 Å². The molecular formula is C19H16N6O4. The van der Waals surface area contributed by atoms with Gasteiger partial charge in [-0.3, -0.25) is 30.1 Å². The maximum absolute atomic E-state index is 11.3. The van der Waals surface area contributed by atoms with Crippen LogP contribution >= 0.6 is 0 Å². The van der Waals surface area contributed by atoms with E-state index in [1.54, 1.807) is 18.6 Å². The lowest BCUT2D eigenvalue weighted by molar-refractivity contribution is -0.394. The van der Waals surface area contributed by atoms with Gasteiger partial charge < -0.3 is 0 Å². The molecule has 3 aromatic rings. The molecule has 29 heavy (non-hydrogen) atoms. The fraction of sp³-hybridized carbons (Fsp3) is 0.211. The van der Waals surface area contributed by atoms with Crippen molar-refractivity contribution in [2.45, 2.75) is 19.5 Å². The Hall–Kier alpha value is -3.79. The SMILES string of the molecule is O=[N+]([O-])c1ccc(CN2CCc3nc(-c4cccnc4)ncc3C2)c([N+](=O)[O-])c1. The van der Waals surface area contributed by atoms with E-state index in [0.717, 1.165) is 22.9 Å². The molecule has 0 atom stereocenters. The van der Waals surface area contributed by atoms with Crippen LogP contribution in [0.5, 0.6) is 0 Å². The van der Waals surface area contributed by atoms with Crippen molar-refractivity contribution in [3.05, 3.63) is 86.0 Å². The van der Waals surface area contributed by atoms with Crippen LogP contribution in [-0.4, -0.2) is 36.2 Å². The molecule has 146 valence electrons. The fourth-order valence-electron chi connectivity index (χ4n) is 3.35. The van der Waals surface area contributed by atoms with Gasteiger partial charge >= 0.3 is 0 Å². The summed E-state index contributed by atoms with van der Waals surface area (Å²) in [5.41, 5.74) is 2.67. The molecular weight excluding hydrogens is 376 g/mol. The Morgan fingerprint density at radius 3 is 2.69 bits per heavy atom. The number of nitro groups is 2. The van der Waals surface area contributed by atoms with Crippen molar-refractivity contribution in [1.29, 1.82) is 0 Å². The maximum atomic E-state index is 11.3. The Balaban J connectivity index is 1.54. The van der Waals surface area contributed by atoms with E-state index in [1.807, 2.05) is 17.0 Å². The summed E-state index contributed by atoms with van der Waals surface area (Å²) in [6, 6.07) is 7.49. The summed E-state index contributed by atoms with van der Waals surface area (Å²) in [7, 11) is 0. The van der Waals surface area contributed by atoms with E-state index in [2.05, 4.69) is 15.0 Å². The van der Waals surface area contributed by atoms with Gasteiger partial charge in [-0.1, -0.05) is 0 Å². The van der Waals surface area contributed by atoms with Gasteiger partial charge in [-0.15, -0.1) is 0 Å². The molecule has 0 aliphatic carbocycles. The topological polar surface area (TPSA) is 128 Å². The summed E-state index contributed by atoms with van der Waals surface area (Å²) in [4.78, 5) is 36.2. The molecule has 0 saturated heterocycles. The number of aromatic nitrogens is 3. The van der Waals surface area contributed by atoms with Crippen LogP contribution in [0, 0.1) is 20.2 Å². The number of non-ortho nitro benzene ring substituents is 1. The first kappa shape index (κ1) is 18.6. The van der Waals surface area contributed by atoms with Crippen LogP contribution in [0.1, 0.15) is 16.8 Å². The van der Waals surface area contributed by atoms with Crippen LogP contribution in [0.4, 0.5) is 11.4 Å². The van der Waals surface area contributed by atoms with E-state index >= 15 is 0 Å². The third-order valence-corrected chi connectivity index (χ3v) is 4.80. The van der Waals surface area contributed by atoms with Crippen LogP contribution in [-0.2, 0) is 19.5 Å². The molecule has 0 radical (unpaired) electrons. The minimum absolute atomic E-state index is 0.242. The monoisotopic (exact) mass is 392 g/mol. The molecule has 1 aliphatic heterocycles. The summed E-state index contributed by atoms with van der Waals surface area (Å²) in [6.45, 7) is 1.54. The van der Waals surface area contributed by atoms with Crippen LogP contribution in [0.15, 0.2) is 48.9 Å². The molecule has 0 fully saturated rings. The Morgan fingerprint density at radius 1 is 1.10 bits per heavy atom. The second kappa shape index (κ2) is 7.68. The molecule has 10 nitrogen and oxygen atoms in total. The first-order valence-corrected chi connectivity index (χ1v) is 8.90. The predicted octanol–water partition coefficient (Wildman–Crippen LogP) is 2.91. The van der Waals surface area contributed by atoms with Crippen molar-refractivity contribution < 1.29 is 9.85 Å². The molecule has 0 bridgehead atoms. The van der Waals surface area contributed by atoms with Crippen LogP contribution < -0.4 is 0 Å². The fourth-order valence-corrected chi connectivity index (χ4v) is 3.35. The van der Waals surface area contributed by atoms with Gasteiger partial charge in [0.2, 0.25) is 0 Å². The van der Waals surface area contributed by atoms with Crippen molar-refractivity contribution in [1.82, 2.24) is 19.9 Å². The van der Waals surface area contributed by atoms with Crippen molar-refractivity contribution in [3.63, 3.8) is 0 Å². The lowest BCUT2D eigenvalue weighted by atomic mass is 10.0. The number of nitro benzene ring substituents is 2. The van der Waals surface area contributed by atoms with Gasteiger partial charge in [-0.25, -0.2) is 9.97 Å². The highest BCUT2D eigenvalue weighted by molar-refractivity contribution is 5.53. The van der Waals surface area contributed by atoms with Gasteiger partial charge in [-0.05, 0) is 18.2 Å². The van der Waals surface area contributed by atoms with Gasteiger partial charge in [0.05, 0.1) is 21.6 Å². The zero-order valence-electron chi connectivity index (χ0n) is 15.3. The molecule has 0 spiro atoms. The first-order chi connectivity index (χ1) is 14.0. The number of benzene rings is 1. The maximum Gasteiger partial charge on any atom is 0.280 e. The van der Waals surface area contributed by atoms with Crippen molar-refractivity contribution in [2.24, 2.45) is 0 Å². The smallest absolute Gasteiger partial charge is 0.280 e. The van der Waals surface area contributed by atoms with Crippen molar-refractivity contribution >= 4 is 11.4 Å². The zero-order chi connectivity index (χ0) is 20.4. The molecule has 10 heteroatoms. The Bertz CT molecular complexity index is 1090. The quantitative estimate of drug-likeness (QED) is 0.479. The second-order valence-corrected chi connectivity index (χ2v) is 6.70. The lowest BCUT2D eigenvalue weighted by Crippen LogP contribution is -2.31. The average Bonchev–Trinajstić information content (AvgIpc) is 2.74. The number of hydrogen-bond acceptors (Lipinski definition) is 8. The second-order valence-electron chi connectivity index (χ2n) is 6.70. The van der Waals surface area contributed by atoms with Crippen LogP contribution in [0.2, 0.25) is 0 Å². The van der Waals surface area contributed by atoms with E-state index in [0.29, 0.717) is 37.4 Å². The number of nitrogens with zero attached hydrogens (tertiary/aromatic N) is 6. The lowest BCUT2D eigenvalue weighted by Gasteiger charge is -2.27. The standard InChI is InChI=1S/C19H16N6O4/c26-24(27)16-4-3-14(18(8-16)25(28)29)11-23-7-5-17-15(12-23)10-21-19(22-17)13-2-1-6-20-9-13/h1-4,6,8-10H,5,7,11-12H2. The molecule has 0 amide bonds. The highest BCUT2D eigenvalue weighted by Crippen LogP contribution is 2.28. The zero-order valence-corrected chi connectivity index (χ0v) is 15.3. The molecule has 1 aromatic carbocycles. The molecule has 0 N–H and O–H groups in total. The van der Waals surface area contributed by atoms with E-state index in [1.165, 1.54) is 12.1 Å². The van der Waals surface area contributed by atoms with Crippen LogP contribution in [0.25, 0.3) is 11.4 Å². The van der Waals surface area contributed by atoms with Gasteiger partial charge in [0.25, 0.3) is 11.4 Å². The molecule has 3 heterocycles. The van der Waals surface area contributed by atoms with Crippen molar-refractivity contribution in [2.75, 3.05) is 6.54 Å². The largest absolute Gasteiger partial charge is 0.294 e. The summed E-state index contributed by atoms with van der Waals surface area (Å²) < 4.78 is 0. The summed E-state index contributed by atoms with van der Waals surface area (Å²) >= 11 is 0. The van der Waals surface area contributed by atoms with Gasteiger partial charge in [0.1, 0.15) is 0 Å². The minimum Gasteiger partial charge on any atom is -0.294 e. The normalized spacial score (nSPS) is 13.7. The van der Waals surface area contributed by atoms with E-state index < -0.39 is 9.85 Å². The van der Waals surface area contributed by atoms with Gasteiger partial charge in [-0.2, -0.15) is 0 Å². The third-order valence-electron chi connectivity index (χ3n) is 4.80. The number of pyridine rings is 1. The van der Waals surface area contributed by atoms with Crippen LogP contribution in [0.3, 0.4) is 0 Å². The molecule has 1 aliphatic rings. The third kappa shape index (κ3) is 3.92. The summed E-state index contributed by atoms with van der Waals surface area (Å²) in [5, 5.41) is 22.2. The predicted molar refractivity (Wildman–Crippen MR) is 103 cm³/mol. The molecule has 0 unspecified atom stereocenters. The van der Waals surface area contributed by atoms with Gasteiger partial charge in [0.15, 0.2) is 5.82 Å². The van der Waals surface area contributed by atoms with E-state index in [4.69, 9.17) is 0 Å². The Kier molecular flexibility index (Phi) is 4.92. The number of fused-ring (bicyclic) bond motifs is 1. The summed E-state index contributed by atoms with van der Waals surface area (Å²) in [5.74, 6) is 0.622.